The average Bonchev–Trinajstić information content (AvgIpc) is 2.70. The molecule has 1 fully saturated rings. The maximum Gasteiger partial charge on any atom is 0.336 e. The van der Waals surface area contributed by atoms with Crippen molar-refractivity contribution in [2.75, 3.05) is 5.32 Å². The van der Waals surface area contributed by atoms with Crippen LogP contribution in [0.4, 0.5) is 5.69 Å². The summed E-state index contributed by atoms with van der Waals surface area (Å²) in [6, 6.07) is 3.38. The van der Waals surface area contributed by atoms with Gasteiger partial charge < -0.3 is 10.4 Å². The van der Waals surface area contributed by atoms with Crippen LogP contribution >= 0.6 is 0 Å². The molecule has 0 radical (unpaired) electrons. The Balaban J connectivity index is 2.16. The zero-order valence-electron chi connectivity index (χ0n) is 12.7. The van der Waals surface area contributed by atoms with Crippen LogP contribution in [0.5, 0.6) is 0 Å². The smallest absolute Gasteiger partial charge is 0.336 e. The Bertz CT molecular complexity index is 543. The van der Waals surface area contributed by atoms with Gasteiger partial charge in [-0.05, 0) is 43.9 Å². The molecular formula is C17H23NO3. The number of aryl methyl sites for hydroxylation is 2. The first kappa shape index (κ1) is 15.5. The fraction of sp³-hybridized carbons (Fsp3) is 0.529. The fourth-order valence-corrected chi connectivity index (χ4v) is 2.99. The van der Waals surface area contributed by atoms with Crippen molar-refractivity contribution in [1.29, 1.82) is 0 Å². The summed E-state index contributed by atoms with van der Waals surface area (Å²) in [4.78, 5) is 23.6. The van der Waals surface area contributed by atoms with Crippen LogP contribution in [0.25, 0.3) is 0 Å². The highest BCUT2D eigenvalue weighted by atomic mass is 16.4. The number of carboxylic acid groups (broad SMARTS) is 1. The first-order valence-corrected chi connectivity index (χ1v) is 7.64. The summed E-state index contributed by atoms with van der Waals surface area (Å²) in [6.07, 6.45) is 6.48. The summed E-state index contributed by atoms with van der Waals surface area (Å²) in [7, 11) is 0. The van der Waals surface area contributed by atoms with Crippen LogP contribution in [0.2, 0.25) is 0 Å². The van der Waals surface area contributed by atoms with E-state index in [1.54, 1.807) is 13.0 Å². The van der Waals surface area contributed by atoms with Gasteiger partial charge in [0.2, 0.25) is 5.91 Å². The molecule has 1 amide bonds. The van der Waals surface area contributed by atoms with E-state index in [0.717, 1.165) is 31.2 Å². The lowest BCUT2D eigenvalue weighted by Crippen LogP contribution is -2.23. The zero-order valence-corrected chi connectivity index (χ0v) is 12.7. The van der Waals surface area contributed by atoms with Crippen LogP contribution in [0, 0.1) is 19.8 Å². The predicted molar refractivity (Wildman–Crippen MR) is 82.7 cm³/mol. The Morgan fingerprint density at radius 1 is 1.05 bits per heavy atom. The molecule has 0 aliphatic heterocycles. The van der Waals surface area contributed by atoms with E-state index in [4.69, 9.17) is 0 Å². The molecule has 1 aliphatic carbocycles. The Labute approximate surface area is 125 Å². The lowest BCUT2D eigenvalue weighted by molar-refractivity contribution is -0.120. The van der Waals surface area contributed by atoms with Gasteiger partial charge in [-0.2, -0.15) is 0 Å². The number of hydrogen-bond acceptors (Lipinski definition) is 2. The summed E-state index contributed by atoms with van der Waals surface area (Å²) < 4.78 is 0. The largest absolute Gasteiger partial charge is 0.478 e. The minimum atomic E-state index is -0.961. The molecule has 0 atom stereocenters. The molecule has 2 N–H and O–H groups in total. The second kappa shape index (κ2) is 6.74. The number of hydrogen-bond donors (Lipinski definition) is 2. The SMILES string of the molecule is Cc1cc(C)c(C(=O)O)cc1NC(=O)C1CCCCCC1. The summed E-state index contributed by atoms with van der Waals surface area (Å²) in [6.45, 7) is 3.66. The van der Waals surface area contributed by atoms with Gasteiger partial charge in [-0.1, -0.05) is 31.7 Å². The van der Waals surface area contributed by atoms with Gasteiger partial charge in [0.15, 0.2) is 0 Å². The van der Waals surface area contributed by atoms with E-state index < -0.39 is 5.97 Å². The number of amides is 1. The Hall–Kier alpha value is -1.84. The molecule has 4 heteroatoms. The van der Waals surface area contributed by atoms with Crippen LogP contribution in [0.3, 0.4) is 0 Å². The van der Waals surface area contributed by atoms with Crippen molar-refractivity contribution in [1.82, 2.24) is 0 Å². The Morgan fingerprint density at radius 2 is 1.67 bits per heavy atom. The maximum atomic E-state index is 12.4. The van der Waals surface area contributed by atoms with E-state index in [2.05, 4.69) is 5.32 Å². The number of anilines is 1. The van der Waals surface area contributed by atoms with Crippen LogP contribution < -0.4 is 5.32 Å². The van der Waals surface area contributed by atoms with E-state index in [0.29, 0.717) is 11.3 Å². The predicted octanol–water partition coefficient (Wildman–Crippen LogP) is 3.91. The van der Waals surface area contributed by atoms with Gasteiger partial charge in [-0.15, -0.1) is 0 Å². The molecule has 1 saturated carbocycles. The summed E-state index contributed by atoms with van der Waals surface area (Å²) in [5.41, 5.74) is 2.48. The molecule has 114 valence electrons. The molecule has 0 aromatic heterocycles. The minimum absolute atomic E-state index is 0.0280. The number of carbonyl (C=O) groups is 2. The van der Waals surface area contributed by atoms with Crippen molar-refractivity contribution in [3.05, 3.63) is 28.8 Å². The molecule has 2 rings (SSSR count). The topological polar surface area (TPSA) is 66.4 Å². The van der Waals surface area contributed by atoms with E-state index in [-0.39, 0.29) is 17.4 Å². The summed E-state index contributed by atoms with van der Waals surface area (Å²) in [5, 5.41) is 12.1. The monoisotopic (exact) mass is 289 g/mol. The number of rotatable bonds is 3. The molecule has 1 aromatic rings. The minimum Gasteiger partial charge on any atom is -0.478 e. The van der Waals surface area contributed by atoms with Gasteiger partial charge in [-0.3, -0.25) is 4.79 Å². The van der Waals surface area contributed by atoms with Gasteiger partial charge in [0.05, 0.1) is 5.56 Å². The van der Waals surface area contributed by atoms with Crippen molar-refractivity contribution in [2.24, 2.45) is 5.92 Å². The highest BCUT2D eigenvalue weighted by molar-refractivity contribution is 5.96. The lowest BCUT2D eigenvalue weighted by atomic mass is 9.98. The third kappa shape index (κ3) is 3.84. The molecule has 0 heterocycles. The summed E-state index contributed by atoms with van der Waals surface area (Å²) >= 11 is 0. The second-order valence-corrected chi connectivity index (χ2v) is 5.96. The first-order valence-electron chi connectivity index (χ1n) is 7.64. The molecule has 1 aromatic carbocycles. The highest BCUT2D eigenvalue weighted by Gasteiger charge is 2.21. The normalized spacial score (nSPS) is 16.3. The van der Waals surface area contributed by atoms with Crippen molar-refractivity contribution >= 4 is 17.6 Å². The quantitative estimate of drug-likeness (QED) is 0.829. The van der Waals surface area contributed by atoms with Gasteiger partial charge in [-0.25, -0.2) is 4.79 Å². The molecule has 0 bridgehead atoms. The van der Waals surface area contributed by atoms with E-state index in [1.807, 2.05) is 13.0 Å². The Kier molecular flexibility index (Phi) is 4.99. The average molecular weight is 289 g/mol. The standard InChI is InChI=1S/C17H23NO3/c1-11-9-12(2)15(10-14(11)17(20)21)18-16(19)13-7-5-3-4-6-8-13/h9-10,13H,3-8H2,1-2H3,(H,18,19)(H,20,21). The molecule has 4 nitrogen and oxygen atoms in total. The molecule has 0 spiro atoms. The van der Waals surface area contributed by atoms with Gasteiger partial charge in [0.1, 0.15) is 0 Å². The molecule has 0 unspecified atom stereocenters. The van der Waals surface area contributed by atoms with Crippen molar-refractivity contribution in [3.8, 4) is 0 Å². The molecule has 0 saturated heterocycles. The van der Waals surface area contributed by atoms with Gasteiger partial charge in [0, 0.05) is 11.6 Å². The molecular weight excluding hydrogens is 266 g/mol. The van der Waals surface area contributed by atoms with E-state index in [1.165, 1.54) is 12.8 Å². The highest BCUT2D eigenvalue weighted by Crippen LogP contribution is 2.26. The lowest BCUT2D eigenvalue weighted by Gasteiger charge is -2.16. The fourth-order valence-electron chi connectivity index (χ4n) is 2.99. The van der Waals surface area contributed by atoms with Crippen LogP contribution in [0.1, 0.15) is 60.0 Å². The first-order chi connectivity index (χ1) is 9.99. The number of benzene rings is 1. The van der Waals surface area contributed by atoms with Crippen molar-refractivity contribution < 1.29 is 14.7 Å². The van der Waals surface area contributed by atoms with E-state index in [9.17, 15) is 14.7 Å². The van der Waals surface area contributed by atoms with Crippen molar-refractivity contribution in [2.45, 2.75) is 52.4 Å². The zero-order chi connectivity index (χ0) is 15.4. The number of nitrogens with one attached hydrogen (secondary N) is 1. The van der Waals surface area contributed by atoms with Gasteiger partial charge in [0.25, 0.3) is 0 Å². The van der Waals surface area contributed by atoms with E-state index >= 15 is 0 Å². The third-order valence-corrected chi connectivity index (χ3v) is 4.29. The van der Waals surface area contributed by atoms with Gasteiger partial charge >= 0.3 is 5.97 Å². The maximum absolute atomic E-state index is 12.4. The molecule has 21 heavy (non-hydrogen) atoms. The Morgan fingerprint density at radius 3 is 2.24 bits per heavy atom. The molecule has 1 aliphatic rings. The van der Waals surface area contributed by atoms with Crippen LogP contribution in [-0.4, -0.2) is 17.0 Å². The van der Waals surface area contributed by atoms with Crippen LogP contribution in [-0.2, 0) is 4.79 Å². The second-order valence-electron chi connectivity index (χ2n) is 5.96. The number of carboxylic acids is 1. The number of carbonyl (C=O) groups excluding carboxylic acids is 1. The third-order valence-electron chi connectivity index (χ3n) is 4.29. The van der Waals surface area contributed by atoms with Crippen LogP contribution in [0.15, 0.2) is 12.1 Å². The number of aromatic carboxylic acids is 1. The van der Waals surface area contributed by atoms with Crippen molar-refractivity contribution in [3.63, 3.8) is 0 Å². The summed E-state index contributed by atoms with van der Waals surface area (Å²) in [5.74, 6) is -0.876.